The zero-order valence-corrected chi connectivity index (χ0v) is 43.6. The standard InChI is InChI=1S/C27H25ClFN5O2.C17H19FN2O.C15H11ClN2O2/c1-17-14-23(34(33-17)25-10-8-20(28)16-31-25)26(35)32-22-15-19(7-9-21(22)29)27(36,12-11-18-5-6-18)24-4-2-3-13-30-24;18-14-7-6-13(11-15(14)19)17(21,9-8-12-4-5-12)16-3-1-2-10-20-16;1-9-6-14(15(19)20)18(17-9)13-5-3-10-7-12(16)4-2-11(10)8-13/h2-4,7-10,13-16,18,36H,5-6,11-12H2,1H3,(H,32,35);1-3,6-7,10-12,21H,4-5,8-9,19H2;2-8H,1H3,(H,19,20). The van der Waals surface area contributed by atoms with Gasteiger partial charge in [0.1, 0.15) is 28.5 Å². The molecule has 0 saturated heterocycles. The summed E-state index contributed by atoms with van der Waals surface area (Å²) < 4.78 is 31.1. The summed E-state index contributed by atoms with van der Waals surface area (Å²) in [5, 5.41) is 46.5. The average Bonchev–Trinajstić information content (AvgIpc) is 4.38. The first-order valence-electron chi connectivity index (χ1n) is 25.1. The monoisotopic (exact) mass is 1080 g/mol. The Labute approximate surface area is 453 Å². The number of aromatic nitrogens is 7. The van der Waals surface area contributed by atoms with Crippen LogP contribution in [0.2, 0.25) is 10.0 Å². The van der Waals surface area contributed by atoms with Crippen LogP contribution >= 0.6 is 23.2 Å². The number of nitrogens with zero attached hydrogens (tertiary/aromatic N) is 7. The summed E-state index contributed by atoms with van der Waals surface area (Å²) >= 11 is 11.9. The van der Waals surface area contributed by atoms with Gasteiger partial charge in [0, 0.05) is 23.6 Å². The molecule has 2 aliphatic rings. The minimum absolute atomic E-state index is 0.0484. The third kappa shape index (κ3) is 12.9. The molecule has 1 amide bonds. The Morgan fingerprint density at radius 1 is 0.649 bits per heavy atom. The molecule has 0 spiro atoms. The van der Waals surface area contributed by atoms with Crippen LogP contribution in [0.3, 0.4) is 0 Å². The third-order valence-electron chi connectivity index (χ3n) is 13.6. The van der Waals surface area contributed by atoms with E-state index in [0.717, 1.165) is 36.5 Å². The van der Waals surface area contributed by atoms with Crippen LogP contribution in [0.15, 0.2) is 152 Å². The Morgan fingerprint density at radius 3 is 1.77 bits per heavy atom. The number of fused-ring (bicyclic) bond motifs is 1. The first-order valence-corrected chi connectivity index (χ1v) is 25.9. The lowest BCUT2D eigenvalue weighted by Gasteiger charge is -2.29. The van der Waals surface area contributed by atoms with Gasteiger partial charge in [0.15, 0.2) is 11.5 Å². The largest absolute Gasteiger partial charge is 0.477 e. The zero-order valence-electron chi connectivity index (χ0n) is 42.1. The van der Waals surface area contributed by atoms with Crippen molar-refractivity contribution < 1.29 is 33.7 Å². The van der Waals surface area contributed by atoms with E-state index in [9.17, 15) is 33.7 Å². The number of hydrogen-bond acceptors (Lipinski definition) is 10. The Hall–Kier alpha value is -7.89. The molecule has 2 saturated carbocycles. The summed E-state index contributed by atoms with van der Waals surface area (Å²) in [4.78, 5) is 37.4. The summed E-state index contributed by atoms with van der Waals surface area (Å²) in [6, 6.07) is 37.1. The Morgan fingerprint density at radius 2 is 1.21 bits per heavy atom. The van der Waals surface area contributed by atoms with Crippen LogP contribution in [-0.2, 0) is 11.2 Å². The van der Waals surface area contributed by atoms with Gasteiger partial charge in [0.25, 0.3) is 5.91 Å². The second kappa shape index (κ2) is 23.2. The highest BCUT2D eigenvalue weighted by Gasteiger charge is 2.37. The normalized spacial score (nSPS) is 14.5. The number of nitrogens with two attached hydrogens (primary N) is 1. The number of aromatic carboxylic acids is 1. The number of halogens is 4. The van der Waals surface area contributed by atoms with Crippen molar-refractivity contribution in [2.24, 2.45) is 11.8 Å². The molecule has 4 aromatic carbocycles. The number of nitrogen functional groups attached to an aromatic ring is 1. The number of aliphatic hydroxyl groups is 2. The van der Waals surface area contributed by atoms with Crippen LogP contribution in [-0.4, -0.2) is 61.7 Å². The van der Waals surface area contributed by atoms with Crippen LogP contribution in [0.4, 0.5) is 20.2 Å². The van der Waals surface area contributed by atoms with Crippen LogP contribution in [0.1, 0.15) is 106 Å². The van der Waals surface area contributed by atoms with Gasteiger partial charge in [-0.2, -0.15) is 10.2 Å². The van der Waals surface area contributed by atoms with Crippen molar-refractivity contribution in [3.8, 4) is 11.5 Å². The number of pyridine rings is 3. The van der Waals surface area contributed by atoms with Gasteiger partial charge in [-0.05, 0) is 170 Å². The number of rotatable bonds is 15. The van der Waals surface area contributed by atoms with Crippen LogP contribution < -0.4 is 11.1 Å². The maximum atomic E-state index is 14.9. The van der Waals surface area contributed by atoms with Crippen molar-refractivity contribution in [2.75, 3.05) is 11.1 Å². The van der Waals surface area contributed by atoms with Crippen molar-refractivity contribution in [2.45, 2.75) is 76.4 Å². The lowest BCUT2D eigenvalue weighted by Crippen LogP contribution is -2.29. The van der Waals surface area contributed by atoms with Gasteiger partial charge in [-0.1, -0.05) is 85.3 Å². The summed E-state index contributed by atoms with van der Waals surface area (Å²) in [6.45, 7) is 3.51. The Balaban J connectivity index is 0.000000151. The highest BCUT2D eigenvalue weighted by atomic mass is 35.5. The molecule has 0 radical (unpaired) electrons. The number of benzene rings is 4. The van der Waals surface area contributed by atoms with Crippen molar-refractivity contribution >= 4 is 57.2 Å². The van der Waals surface area contributed by atoms with Crippen LogP contribution in [0.25, 0.3) is 22.3 Å². The Kier molecular flexibility index (Phi) is 16.2. The van der Waals surface area contributed by atoms with Gasteiger partial charge >= 0.3 is 5.97 Å². The van der Waals surface area contributed by atoms with Crippen molar-refractivity contribution in [1.82, 2.24) is 34.5 Å². The van der Waals surface area contributed by atoms with E-state index < -0.39 is 34.7 Å². The molecule has 77 heavy (non-hydrogen) atoms. The molecule has 5 aromatic heterocycles. The maximum absolute atomic E-state index is 14.9. The molecule has 0 bridgehead atoms. The zero-order chi connectivity index (χ0) is 54.4. The average molecular weight is 1080 g/mol. The molecule has 18 heteroatoms. The van der Waals surface area contributed by atoms with Gasteiger partial charge in [-0.3, -0.25) is 14.8 Å². The van der Waals surface area contributed by atoms with Crippen LogP contribution in [0.5, 0.6) is 0 Å². The topological polar surface area (TPSA) is 207 Å². The molecule has 9 aromatic rings. The number of aryl methyl sites for hydroxylation is 2. The third-order valence-corrected chi connectivity index (χ3v) is 14.1. The number of carboxylic acid groups (broad SMARTS) is 1. The lowest BCUT2D eigenvalue weighted by molar-refractivity contribution is 0.0622. The number of carboxylic acids is 1. The highest BCUT2D eigenvalue weighted by molar-refractivity contribution is 6.31. The predicted molar refractivity (Wildman–Crippen MR) is 292 cm³/mol. The Bertz CT molecular complexity index is 3560. The smallest absolute Gasteiger partial charge is 0.354 e. The lowest BCUT2D eigenvalue weighted by atomic mass is 9.84. The second-order valence-electron chi connectivity index (χ2n) is 19.5. The molecule has 2 atom stereocenters. The van der Waals surface area contributed by atoms with E-state index in [1.165, 1.54) is 52.7 Å². The van der Waals surface area contributed by atoms with E-state index in [0.29, 0.717) is 80.1 Å². The minimum atomic E-state index is -1.41. The van der Waals surface area contributed by atoms with Crippen molar-refractivity contribution in [1.29, 1.82) is 0 Å². The van der Waals surface area contributed by atoms with Crippen molar-refractivity contribution in [3.05, 3.63) is 219 Å². The van der Waals surface area contributed by atoms with Gasteiger partial charge < -0.3 is 26.4 Å². The predicted octanol–water partition coefficient (Wildman–Crippen LogP) is 12.4. The van der Waals surface area contributed by atoms with Gasteiger partial charge in [-0.15, -0.1) is 0 Å². The van der Waals surface area contributed by atoms with E-state index in [2.05, 4.69) is 30.5 Å². The fraction of sp³-hybridized carbons (Fsp3) is 0.237. The summed E-state index contributed by atoms with van der Waals surface area (Å²) in [5.41, 5.74) is 7.45. The number of amides is 1. The van der Waals surface area contributed by atoms with E-state index in [-0.39, 0.29) is 22.8 Å². The number of nitrogens with one attached hydrogen (secondary N) is 1. The number of carbonyl (C=O) groups excluding carboxylic acids is 1. The van der Waals surface area contributed by atoms with Crippen molar-refractivity contribution in [3.63, 3.8) is 0 Å². The van der Waals surface area contributed by atoms with Crippen LogP contribution in [0, 0.1) is 37.3 Å². The SMILES string of the molecule is Cc1cc(C(=O)Nc2cc(C(O)(CCC3CC3)c3ccccn3)ccc2F)n(-c2ccc(Cl)cn2)n1.Cc1cc(C(=O)O)n(-c2ccc3cc(Cl)ccc3c2)n1.Nc1cc(C(O)(CCC2CC2)c2ccccn2)ccc1F. The van der Waals surface area contributed by atoms with E-state index in [1.54, 1.807) is 86.9 Å². The van der Waals surface area contributed by atoms with Gasteiger partial charge in [-0.25, -0.2) is 27.9 Å². The quantitative estimate of drug-likeness (QED) is 0.0610. The first-order chi connectivity index (χ1) is 37.0. The molecular formula is C59H55Cl2F2N9O5. The molecular weight excluding hydrogens is 1020 g/mol. The summed E-state index contributed by atoms with van der Waals surface area (Å²) in [6.07, 6.45) is 12.3. The van der Waals surface area contributed by atoms with E-state index >= 15 is 0 Å². The highest BCUT2D eigenvalue weighted by Crippen LogP contribution is 2.43. The molecule has 2 fully saturated rings. The molecule has 6 N–H and O–H groups in total. The minimum Gasteiger partial charge on any atom is -0.477 e. The summed E-state index contributed by atoms with van der Waals surface area (Å²) in [5.74, 6) is -0.974. The molecule has 2 aliphatic carbocycles. The summed E-state index contributed by atoms with van der Waals surface area (Å²) in [7, 11) is 0. The second-order valence-corrected chi connectivity index (χ2v) is 20.4. The van der Waals surface area contributed by atoms with E-state index in [4.69, 9.17) is 28.9 Å². The number of hydrogen-bond donors (Lipinski definition) is 5. The molecule has 2 unspecified atom stereocenters. The molecule has 394 valence electrons. The first kappa shape index (κ1) is 53.9. The molecule has 14 nitrogen and oxygen atoms in total. The molecule has 11 rings (SSSR count). The number of carbonyl (C=O) groups is 2. The molecule has 5 heterocycles. The maximum Gasteiger partial charge on any atom is 0.354 e. The van der Waals surface area contributed by atoms with E-state index in [1.807, 2.05) is 48.5 Å². The fourth-order valence-corrected chi connectivity index (χ4v) is 9.37. The molecule has 0 aliphatic heterocycles. The van der Waals surface area contributed by atoms with Gasteiger partial charge in [0.05, 0.1) is 44.9 Å². The van der Waals surface area contributed by atoms with Gasteiger partial charge in [0.2, 0.25) is 0 Å². The fourth-order valence-electron chi connectivity index (χ4n) is 9.07. The number of anilines is 2.